The van der Waals surface area contributed by atoms with Gasteiger partial charge in [0.1, 0.15) is 11.6 Å². The minimum atomic E-state index is -2.89. The third-order valence-corrected chi connectivity index (χ3v) is 3.86. The zero-order chi connectivity index (χ0) is 19.0. The summed E-state index contributed by atoms with van der Waals surface area (Å²) in [6.07, 6.45) is 4.06. The van der Waals surface area contributed by atoms with E-state index in [2.05, 4.69) is 20.3 Å². The normalized spacial score (nSPS) is 11.4. The first-order valence-corrected chi connectivity index (χ1v) is 7.91. The average molecular weight is 374 g/mol. The summed E-state index contributed by atoms with van der Waals surface area (Å²) in [5, 5.41) is 11.0. The Morgan fingerprint density at radius 1 is 1.15 bits per heavy atom. The highest BCUT2D eigenvalue weighted by Crippen LogP contribution is 2.28. The molecule has 0 atom stereocenters. The van der Waals surface area contributed by atoms with Crippen LogP contribution in [0.4, 0.5) is 13.2 Å². The van der Waals surface area contributed by atoms with Gasteiger partial charge in [-0.05, 0) is 18.2 Å². The Labute approximate surface area is 151 Å². The summed E-state index contributed by atoms with van der Waals surface area (Å²) in [7, 11) is 1.81. The summed E-state index contributed by atoms with van der Waals surface area (Å²) in [4.78, 5) is 4.28. The molecule has 4 rings (SSSR count). The Balaban J connectivity index is 1.70. The maximum atomic E-state index is 14.1. The van der Waals surface area contributed by atoms with Gasteiger partial charge in [-0.3, -0.25) is 4.68 Å². The van der Waals surface area contributed by atoms with Crippen LogP contribution in [0, 0.1) is 5.82 Å². The van der Waals surface area contributed by atoms with E-state index in [4.69, 9.17) is 4.42 Å². The topological polar surface area (TPSA) is 74.6 Å². The predicted octanol–water partition coefficient (Wildman–Crippen LogP) is 3.46. The van der Waals surface area contributed by atoms with Crippen molar-refractivity contribution in [1.82, 2.24) is 29.5 Å². The number of imidazole rings is 1. The van der Waals surface area contributed by atoms with Crippen molar-refractivity contribution in [3.63, 3.8) is 0 Å². The van der Waals surface area contributed by atoms with Gasteiger partial charge in [0.05, 0.1) is 12.7 Å². The van der Waals surface area contributed by atoms with Crippen molar-refractivity contribution < 1.29 is 17.6 Å². The lowest BCUT2D eigenvalue weighted by Crippen LogP contribution is -2.01. The fraction of sp³-hybridized carbons (Fsp3) is 0.176. The van der Waals surface area contributed by atoms with E-state index in [1.54, 1.807) is 29.3 Å². The van der Waals surface area contributed by atoms with E-state index < -0.39 is 18.1 Å². The molecule has 4 aromatic rings. The van der Waals surface area contributed by atoms with E-state index in [1.165, 1.54) is 6.07 Å². The van der Waals surface area contributed by atoms with Crippen molar-refractivity contribution in [2.75, 3.05) is 0 Å². The van der Waals surface area contributed by atoms with Crippen LogP contribution in [-0.4, -0.2) is 29.5 Å². The van der Waals surface area contributed by atoms with Crippen molar-refractivity contribution >= 4 is 0 Å². The Morgan fingerprint density at radius 3 is 2.67 bits per heavy atom. The molecule has 1 aromatic carbocycles. The summed E-state index contributed by atoms with van der Waals surface area (Å²) < 4.78 is 47.9. The Bertz CT molecular complexity index is 1080. The predicted molar refractivity (Wildman–Crippen MR) is 88.2 cm³/mol. The number of halogens is 3. The SMILES string of the molecule is Cn1cc(Cn2ccnc2-c2cc(F)cc(-c3nnc(C(F)F)o3)c2)cn1. The molecule has 0 amide bonds. The van der Waals surface area contributed by atoms with Crippen LogP contribution < -0.4 is 0 Å². The van der Waals surface area contributed by atoms with Crippen LogP contribution in [0.1, 0.15) is 17.9 Å². The zero-order valence-electron chi connectivity index (χ0n) is 14.1. The lowest BCUT2D eigenvalue weighted by Gasteiger charge is -2.08. The Kier molecular flexibility index (Phi) is 4.22. The van der Waals surface area contributed by atoms with E-state index in [0.717, 1.165) is 11.6 Å². The molecule has 0 saturated heterocycles. The quantitative estimate of drug-likeness (QED) is 0.535. The molecule has 7 nitrogen and oxygen atoms in total. The summed E-state index contributed by atoms with van der Waals surface area (Å²) in [6.45, 7) is 0.491. The molecule has 0 radical (unpaired) electrons. The van der Waals surface area contributed by atoms with E-state index in [9.17, 15) is 13.2 Å². The van der Waals surface area contributed by atoms with Gasteiger partial charge in [-0.2, -0.15) is 13.9 Å². The highest BCUT2D eigenvalue weighted by Gasteiger charge is 2.18. The number of hydrogen-bond donors (Lipinski definition) is 0. The van der Waals surface area contributed by atoms with Crippen LogP contribution >= 0.6 is 0 Å². The minimum absolute atomic E-state index is 0.184. The van der Waals surface area contributed by atoms with E-state index in [-0.39, 0.29) is 11.5 Å². The molecule has 3 aromatic heterocycles. The highest BCUT2D eigenvalue weighted by atomic mass is 19.3. The number of alkyl halides is 2. The van der Waals surface area contributed by atoms with Crippen molar-refractivity contribution in [2.45, 2.75) is 13.0 Å². The van der Waals surface area contributed by atoms with E-state index in [1.807, 2.05) is 17.8 Å². The second kappa shape index (κ2) is 6.71. The standard InChI is InChI=1S/C17H13F3N6O/c1-25-8-10(7-22-25)9-26-3-2-21-15(26)11-4-12(6-13(18)5-11)16-23-24-17(27-16)14(19)20/h2-8,14H,9H2,1H3. The molecule has 0 spiro atoms. The van der Waals surface area contributed by atoms with Crippen LogP contribution in [0.3, 0.4) is 0 Å². The Hall–Kier alpha value is -3.43. The molecule has 0 aliphatic rings. The first-order chi connectivity index (χ1) is 13.0. The van der Waals surface area contributed by atoms with Crippen LogP contribution in [0.2, 0.25) is 0 Å². The monoisotopic (exact) mass is 374 g/mol. The summed E-state index contributed by atoms with van der Waals surface area (Å²) in [5.74, 6) is -1.06. The molecule has 0 unspecified atom stereocenters. The van der Waals surface area contributed by atoms with Crippen molar-refractivity contribution in [2.24, 2.45) is 7.05 Å². The first kappa shape index (κ1) is 17.0. The van der Waals surface area contributed by atoms with Crippen molar-refractivity contribution in [1.29, 1.82) is 0 Å². The third-order valence-electron chi connectivity index (χ3n) is 3.86. The number of rotatable bonds is 5. The average Bonchev–Trinajstić information content (AvgIpc) is 3.35. The highest BCUT2D eigenvalue weighted by molar-refractivity contribution is 5.65. The number of aryl methyl sites for hydroxylation is 1. The van der Waals surface area contributed by atoms with Crippen molar-refractivity contribution in [3.8, 4) is 22.8 Å². The molecular weight excluding hydrogens is 361 g/mol. The van der Waals surface area contributed by atoms with Gasteiger partial charge in [0, 0.05) is 42.3 Å². The van der Waals surface area contributed by atoms with Gasteiger partial charge in [-0.15, -0.1) is 10.2 Å². The molecule has 0 N–H and O–H groups in total. The van der Waals surface area contributed by atoms with Gasteiger partial charge in [-0.25, -0.2) is 9.37 Å². The number of benzene rings is 1. The third kappa shape index (κ3) is 3.46. The van der Waals surface area contributed by atoms with Gasteiger partial charge in [0.25, 0.3) is 5.89 Å². The van der Waals surface area contributed by atoms with Crippen LogP contribution in [0.5, 0.6) is 0 Å². The smallest absolute Gasteiger partial charge is 0.314 e. The molecule has 0 aliphatic heterocycles. The summed E-state index contributed by atoms with van der Waals surface area (Å²) in [6, 6.07) is 4.00. The van der Waals surface area contributed by atoms with E-state index >= 15 is 0 Å². The molecule has 3 heterocycles. The van der Waals surface area contributed by atoms with Gasteiger partial charge in [0.15, 0.2) is 0 Å². The fourth-order valence-corrected chi connectivity index (χ4v) is 2.73. The molecule has 10 heteroatoms. The van der Waals surface area contributed by atoms with E-state index in [0.29, 0.717) is 17.9 Å². The van der Waals surface area contributed by atoms with Crippen molar-refractivity contribution in [3.05, 3.63) is 60.3 Å². The maximum Gasteiger partial charge on any atom is 0.314 e. The Morgan fingerprint density at radius 2 is 1.96 bits per heavy atom. The van der Waals surface area contributed by atoms with Gasteiger partial charge in [-0.1, -0.05) is 0 Å². The number of hydrogen-bond acceptors (Lipinski definition) is 5. The lowest BCUT2D eigenvalue weighted by molar-refractivity contribution is 0.116. The van der Waals surface area contributed by atoms with Gasteiger partial charge >= 0.3 is 6.43 Å². The molecule has 0 aliphatic carbocycles. The second-order valence-electron chi connectivity index (χ2n) is 5.88. The first-order valence-electron chi connectivity index (χ1n) is 7.91. The zero-order valence-corrected chi connectivity index (χ0v) is 14.1. The molecule has 27 heavy (non-hydrogen) atoms. The minimum Gasteiger partial charge on any atom is -0.415 e. The summed E-state index contributed by atoms with van der Waals surface area (Å²) >= 11 is 0. The second-order valence-corrected chi connectivity index (χ2v) is 5.88. The fourth-order valence-electron chi connectivity index (χ4n) is 2.73. The number of aromatic nitrogens is 6. The molecule has 0 fully saturated rings. The van der Waals surface area contributed by atoms with Gasteiger partial charge < -0.3 is 8.98 Å². The van der Waals surface area contributed by atoms with Crippen LogP contribution in [0.15, 0.2) is 47.4 Å². The largest absolute Gasteiger partial charge is 0.415 e. The van der Waals surface area contributed by atoms with Gasteiger partial charge in [0.2, 0.25) is 5.89 Å². The van der Waals surface area contributed by atoms with Crippen LogP contribution in [0.25, 0.3) is 22.8 Å². The summed E-state index contributed by atoms with van der Waals surface area (Å²) in [5.41, 5.74) is 1.60. The number of nitrogens with zero attached hydrogens (tertiary/aromatic N) is 6. The molecule has 0 saturated carbocycles. The molecule has 0 bridgehead atoms. The lowest BCUT2D eigenvalue weighted by atomic mass is 10.1. The van der Waals surface area contributed by atoms with Crippen LogP contribution in [-0.2, 0) is 13.6 Å². The maximum absolute atomic E-state index is 14.1. The molecule has 138 valence electrons. The molecular formula is C17H13F3N6O.